The number of ether oxygens (including phenoxy) is 1. The van der Waals surface area contributed by atoms with E-state index in [9.17, 15) is 0 Å². The van der Waals surface area contributed by atoms with Gasteiger partial charge in [-0.1, -0.05) is 12.1 Å². The Kier molecular flexibility index (Phi) is 3.00. The molecule has 0 fully saturated rings. The molecule has 82 valence electrons. The molecule has 1 heterocycles. The maximum absolute atomic E-state index is 5.56. The van der Waals surface area contributed by atoms with Crippen LogP contribution in [0.25, 0.3) is 0 Å². The van der Waals surface area contributed by atoms with Crippen LogP contribution in [0, 0.1) is 0 Å². The SMILES string of the molecule is COc1ccc(Cc2cncc(N)n2)cc1. The summed E-state index contributed by atoms with van der Waals surface area (Å²) in [5, 5.41) is 0. The van der Waals surface area contributed by atoms with E-state index in [4.69, 9.17) is 10.5 Å². The van der Waals surface area contributed by atoms with Crippen molar-refractivity contribution in [1.82, 2.24) is 9.97 Å². The number of nitrogens with two attached hydrogens (primary N) is 1. The molecule has 0 radical (unpaired) electrons. The first kappa shape index (κ1) is 10.4. The molecule has 1 aromatic carbocycles. The first-order valence-electron chi connectivity index (χ1n) is 4.97. The Morgan fingerprint density at radius 2 is 1.94 bits per heavy atom. The van der Waals surface area contributed by atoms with Gasteiger partial charge < -0.3 is 10.5 Å². The van der Waals surface area contributed by atoms with Gasteiger partial charge in [-0.25, -0.2) is 4.98 Å². The van der Waals surface area contributed by atoms with Crippen molar-refractivity contribution in [2.75, 3.05) is 12.8 Å². The molecule has 0 bridgehead atoms. The van der Waals surface area contributed by atoms with Crippen molar-refractivity contribution in [2.45, 2.75) is 6.42 Å². The Morgan fingerprint density at radius 1 is 1.19 bits per heavy atom. The summed E-state index contributed by atoms with van der Waals surface area (Å²) in [6.07, 6.45) is 3.99. The molecule has 0 saturated carbocycles. The van der Waals surface area contributed by atoms with Crippen LogP contribution in [0.3, 0.4) is 0 Å². The third-order valence-corrected chi connectivity index (χ3v) is 2.25. The molecule has 0 aliphatic carbocycles. The predicted molar refractivity (Wildman–Crippen MR) is 62.2 cm³/mol. The largest absolute Gasteiger partial charge is 0.497 e. The lowest BCUT2D eigenvalue weighted by atomic mass is 10.1. The molecular formula is C12H13N3O. The topological polar surface area (TPSA) is 61.0 Å². The van der Waals surface area contributed by atoms with E-state index < -0.39 is 0 Å². The van der Waals surface area contributed by atoms with Crippen LogP contribution in [0.4, 0.5) is 5.82 Å². The molecule has 2 aromatic rings. The number of benzene rings is 1. The van der Waals surface area contributed by atoms with Crippen LogP contribution in [0.2, 0.25) is 0 Å². The predicted octanol–water partition coefficient (Wildman–Crippen LogP) is 1.66. The van der Waals surface area contributed by atoms with Gasteiger partial charge in [-0.3, -0.25) is 4.98 Å². The lowest BCUT2D eigenvalue weighted by molar-refractivity contribution is 0.414. The van der Waals surface area contributed by atoms with Gasteiger partial charge in [0.1, 0.15) is 11.6 Å². The number of nitrogen functional groups attached to an aromatic ring is 1. The first-order valence-corrected chi connectivity index (χ1v) is 4.97. The molecule has 0 aliphatic rings. The standard InChI is InChI=1S/C12H13N3O/c1-16-11-4-2-9(3-5-11)6-10-7-14-8-12(13)15-10/h2-5,7-8H,6H2,1H3,(H2,13,15). The zero-order valence-corrected chi connectivity index (χ0v) is 9.05. The molecule has 2 rings (SSSR count). The summed E-state index contributed by atoms with van der Waals surface area (Å²) in [4.78, 5) is 8.20. The van der Waals surface area contributed by atoms with E-state index in [0.717, 1.165) is 23.4 Å². The smallest absolute Gasteiger partial charge is 0.142 e. The number of nitrogens with zero attached hydrogens (tertiary/aromatic N) is 2. The summed E-state index contributed by atoms with van der Waals surface area (Å²) in [5.41, 5.74) is 7.58. The van der Waals surface area contributed by atoms with Crippen molar-refractivity contribution < 1.29 is 4.74 Å². The van der Waals surface area contributed by atoms with Crippen LogP contribution < -0.4 is 10.5 Å². The van der Waals surface area contributed by atoms with E-state index in [1.165, 1.54) is 6.20 Å². The average Bonchev–Trinajstić information content (AvgIpc) is 2.30. The lowest BCUT2D eigenvalue weighted by Gasteiger charge is -2.03. The van der Waals surface area contributed by atoms with E-state index in [1.807, 2.05) is 24.3 Å². The Morgan fingerprint density at radius 3 is 2.56 bits per heavy atom. The molecule has 0 amide bonds. The van der Waals surface area contributed by atoms with Crippen LogP contribution in [0.1, 0.15) is 11.3 Å². The second-order valence-electron chi connectivity index (χ2n) is 3.46. The quantitative estimate of drug-likeness (QED) is 0.845. The summed E-state index contributed by atoms with van der Waals surface area (Å²) < 4.78 is 5.09. The molecule has 16 heavy (non-hydrogen) atoms. The van der Waals surface area contributed by atoms with Crippen molar-refractivity contribution in [3.05, 3.63) is 47.9 Å². The van der Waals surface area contributed by atoms with Crippen LogP contribution in [0.5, 0.6) is 5.75 Å². The van der Waals surface area contributed by atoms with Gasteiger partial charge >= 0.3 is 0 Å². The fraction of sp³-hybridized carbons (Fsp3) is 0.167. The van der Waals surface area contributed by atoms with Crippen LogP contribution in [0.15, 0.2) is 36.7 Å². The lowest BCUT2D eigenvalue weighted by Crippen LogP contribution is -1.98. The van der Waals surface area contributed by atoms with Crippen molar-refractivity contribution >= 4 is 5.82 Å². The van der Waals surface area contributed by atoms with Gasteiger partial charge in [-0.2, -0.15) is 0 Å². The summed E-state index contributed by atoms with van der Waals surface area (Å²) in [6, 6.07) is 7.86. The minimum atomic E-state index is 0.450. The maximum atomic E-state index is 5.56. The number of rotatable bonds is 3. The van der Waals surface area contributed by atoms with Crippen LogP contribution in [-0.4, -0.2) is 17.1 Å². The maximum Gasteiger partial charge on any atom is 0.142 e. The summed E-state index contributed by atoms with van der Waals surface area (Å²) >= 11 is 0. The van der Waals surface area contributed by atoms with Gasteiger partial charge in [-0.05, 0) is 17.7 Å². The van der Waals surface area contributed by atoms with E-state index in [0.29, 0.717) is 5.82 Å². The Hall–Kier alpha value is -2.10. The third-order valence-electron chi connectivity index (χ3n) is 2.25. The van der Waals surface area contributed by atoms with Crippen LogP contribution >= 0.6 is 0 Å². The first-order chi connectivity index (χ1) is 7.78. The Labute approximate surface area is 94.1 Å². The van der Waals surface area contributed by atoms with Crippen LogP contribution in [-0.2, 0) is 6.42 Å². The molecule has 2 N–H and O–H groups in total. The van der Waals surface area contributed by atoms with Crippen molar-refractivity contribution in [2.24, 2.45) is 0 Å². The molecule has 0 atom stereocenters. The third kappa shape index (κ3) is 2.48. The molecule has 0 saturated heterocycles. The molecule has 4 heteroatoms. The Balaban J connectivity index is 2.14. The highest BCUT2D eigenvalue weighted by atomic mass is 16.5. The second kappa shape index (κ2) is 4.61. The van der Waals surface area contributed by atoms with E-state index in [1.54, 1.807) is 13.3 Å². The number of anilines is 1. The molecule has 0 unspecified atom stereocenters. The molecule has 4 nitrogen and oxygen atoms in total. The summed E-state index contributed by atoms with van der Waals surface area (Å²) in [7, 11) is 1.65. The van der Waals surface area contributed by atoms with Crippen molar-refractivity contribution in [3.63, 3.8) is 0 Å². The van der Waals surface area contributed by atoms with Crippen molar-refractivity contribution in [1.29, 1.82) is 0 Å². The van der Waals surface area contributed by atoms with Gasteiger partial charge in [0, 0.05) is 12.6 Å². The molecule has 0 spiro atoms. The zero-order valence-electron chi connectivity index (χ0n) is 9.05. The van der Waals surface area contributed by atoms with Gasteiger partial charge in [0.25, 0.3) is 0 Å². The van der Waals surface area contributed by atoms with E-state index in [-0.39, 0.29) is 0 Å². The number of hydrogen-bond donors (Lipinski definition) is 1. The summed E-state index contributed by atoms with van der Waals surface area (Å²) in [5.74, 6) is 1.30. The highest BCUT2D eigenvalue weighted by molar-refractivity contribution is 5.31. The molecule has 1 aromatic heterocycles. The number of methoxy groups -OCH3 is 1. The summed E-state index contributed by atoms with van der Waals surface area (Å²) in [6.45, 7) is 0. The fourth-order valence-corrected chi connectivity index (χ4v) is 1.46. The normalized spacial score (nSPS) is 10.1. The monoisotopic (exact) mass is 215 g/mol. The number of hydrogen-bond acceptors (Lipinski definition) is 4. The van der Waals surface area contributed by atoms with Gasteiger partial charge in [0.05, 0.1) is 19.0 Å². The molecular weight excluding hydrogens is 202 g/mol. The molecule has 0 aliphatic heterocycles. The van der Waals surface area contributed by atoms with Gasteiger partial charge in [0.2, 0.25) is 0 Å². The van der Waals surface area contributed by atoms with E-state index >= 15 is 0 Å². The highest BCUT2D eigenvalue weighted by Gasteiger charge is 1.99. The Bertz CT molecular complexity index is 468. The minimum Gasteiger partial charge on any atom is -0.497 e. The second-order valence-corrected chi connectivity index (χ2v) is 3.46. The van der Waals surface area contributed by atoms with Gasteiger partial charge in [0.15, 0.2) is 0 Å². The minimum absolute atomic E-state index is 0.450. The fourth-order valence-electron chi connectivity index (χ4n) is 1.46. The van der Waals surface area contributed by atoms with Crippen molar-refractivity contribution in [3.8, 4) is 5.75 Å². The number of aromatic nitrogens is 2. The zero-order chi connectivity index (χ0) is 11.4. The van der Waals surface area contributed by atoms with E-state index in [2.05, 4.69) is 9.97 Å². The average molecular weight is 215 g/mol. The van der Waals surface area contributed by atoms with Gasteiger partial charge in [-0.15, -0.1) is 0 Å². The highest BCUT2D eigenvalue weighted by Crippen LogP contribution is 2.13.